The standard InChI is InChI=1S/C29H50O10S/c1-6-18(27(5,33)16-39-40(36,37)38)8-7-17(2)20-13-21(31)24-25(20,3)11-10-22-26(4)12-9-19(30)14-29(26,35)23(32)15-28(22,24)34/h7-8,17-24,30-35H,6,9-16H2,1-5H3,(H,36,37,38). The molecule has 0 aromatic heterocycles. The van der Waals surface area contributed by atoms with E-state index < -0.39 is 74.8 Å². The molecule has 13 unspecified atom stereocenters. The molecule has 4 aliphatic carbocycles. The Balaban J connectivity index is 1.58. The summed E-state index contributed by atoms with van der Waals surface area (Å²) in [6.07, 6.45) is 4.37. The van der Waals surface area contributed by atoms with Gasteiger partial charge in [0.2, 0.25) is 0 Å². The molecule has 4 aliphatic rings. The minimum atomic E-state index is -4.69. The van der Waals surface area contributed by atoms with Gasteiger partial charge in [-0.15, -0.1) is 0 Å². The third kappa shape index (κ3) is 5.11. The smallest absolute Gasteiger partial charge is 0.393 e. The van der Waals surface area contributed by atoms with Crippen molar-refractivity contribution in [3.05, 3.63) is 12.2 Å². The topological polar surface area (TPSA) is 185 Å². The molecule has 0 aromatic carbocycles. The summed E-state index contributed by atoms with van der Waals surface area (Å²) in [5.74, 6) is -1.36. The van der Waals surface area contributed by atoms with Crippen LogP contribution in [0.5, 0.6) is 0 Å². The van der Waals surface area contributed by atoms with Crippen molar-refractivity contribution in [1.82, 2.24) is 0 Å². The number of hydrogen-bond acceptors (Lipinski definition) is 9. The highest BCUT2D eigenvalue weighted by Gasteiger charge is 2.74. The number of allylic oxidation sites excluding steroid dienone is 1. The Hall–Kier alpha value is -0.630. The van der Waals surface area contributed by atoms with Crippen LogP contribution in [0.3, 0.4) is 0 Å². The molecule has 0 saturated heterocycles. The van der Waals surface area contributed by atoms with E-state index in [-0.39, 0.29) is 30.6 Å². The fourth-order valence-electron chi connectivity index (χ4n) is 9.83. The maximum Gasteiger partial charge on any atom is 0.397 e. The first kappa shape index (κ1) is 32.3. The highest BCUT2D eigenvalue weighted by atomic mass is 32.3. The van der Waals surface area contributed by atoms with Crippen LogP contribution < -0.4 is 0 Å². The Morgan fingerprint density at radius 2 is 1.73 bits per heavy atom. The van der Waals surface area contributed by atoms with Gasteiger partial charge in [0.1, 0.15) is 0 Å². The summed E-state index contributed by atoms with van der Waals surface area (Å²) in [5, 5.41) is 68.0. The molecule has 0 bridgehead atoms. The third-order valence-electron chi connectivity index (χ3n) is 11.9. The number of rotatable bonds is 8. The first-order valence-electron chi connectivity index (χ1n) is 14.8. The zero-order chi connectivity index (χ0) is 30.1. The van der Waals surface area contributed by atoms with Crippen molar-refractivity contribution in [2.45, 2.75) is 121 Å². The van der Waals surface area contributed by atoms with Crippen molar-refractivity contribution in [2.24, 2.45) is 40.4 Å². The highest BCUT2D eigenvalue weighted by Crippen LogP contribution is 2.70. The average molecular weight is 591 g/mol. The van der Waals surface area contributed by atoms with E-state index in [1.54, 1.807) is 0 Å². The molecule has 0 spiro atoms. The van der Waals surface area contributed by atoms with Crippen LogP contribution in [0.4, 0.5) is 0 Å². The average Bonchev–Trinajstić information content (AvgIpc) is 3.11. The normalized spacial score (nSPS) is 48.6. The second-order valence-electron chi connectivity index (χ2n) is 14.2. The lowest BCUT2D eigenvalue weighted by atomic mass is 9.40. The van der Waals surface area contributed by atoms with E-state index in [1.807, 2.05) is 32.9 Å². The predicted octanol–water partition coefficient (Wildman–Crippen LogP) is 1.97. The maximum atomic E-state index is 12.4. The second kappa shape index (κ2) is 10.5. The molecule has 13 atom stereocenters. The van der Waals surface area contributed by atoms with E-state index in [9.17, 15) is 39.1 Å². The van der Waals surface area contributed by atoms with Gasteiger partial charge in [0.25, 0.3) is 0 Å². The van der Waals surface area contributed by atoms with Gasteiger partial charge in [0.15, 0.2) is 0 Å². The molecule has 4 fully saturated rings. The van der Waals surface area contributed by atoms with Gasteiger partial charge in [-0.25, -0.2) is 4.18 Å². The molecule has 0 heterocycles. The van der Waals surface area contributed by atoms with Gasteiger partial charge in [0, 0.05) is 30.1 Å². The molecule has 0 radical (unpaired) electrons. The summed E-state index contributed by atoms with van der Waals surface area (Å²) in [5.41, 5.74) is -5.68. The molecule has 0 amide bonds. The number of hydrogen-bond donors (Lipinski definition) is 7. The summed E-state index contributed by atoms with van der Waals surface area (Å²) in [6, 6.07) is 0. The summed E-state index contributed by atoms with van der Waals surface area (Å²) in [4.78, 5) is 0. The van der Waals surface area contributed by atoms with Gasteiger partial charge in [-0.3, -0.25) is 4.55 Å². The van der Waals surface area contributed by atoms with Crippen LogP contribution >= 0.6 is 0 Å². The van der Waals surface area contributed by atoms with Gasteiger partial charge >= 0.3 is 10.4 Å². The van der Waals surface area contributed by atoms with E-state index >= 15 is 0 Å². The van der Waals surface area contributed by atoms with Crippen LogP contribution in [0, 0.1) is 40.4 Å². The van der Waals surface area contributed by atoms with E-state index in [1.165, 1.54) is 6.92 Å². The van der Waals surface area contributed by atoms with Crippen LogP contribution in [0.1, 0.15) is 86.0 Å². The molecule has 4 rings (SSSR count). The lowest BCUT2D eigenvalue weighted by molar-refractivity contribution is -0.315. The first-order chi connectivity index (χ1) is 18.2. The van der Waals surface area contributed by atoms with Gasteiger partial charge < -0.3 is 30.6 Å². The van der Waals surface area contributed by atoms with Crippen LogP contribution in [0.2, 0.25) is 0 Å². The minimum absolute atomic E-state index is 0.0100. The quantitative estimate of drug-likeness (QED) is 0.163. The van der Waals surface area contributed by atoms with Crippen molar-refractivity contribution < 1.29 is 47.8 Å². The molecule has 11 heteroatoms. The number of aliphatic hydroxyl groups is 6. The summed E-state index contributed by atoms with van der Waals surface area (Å²) < 4.78 is 35.4. The van der Waals surface area contributed by atoms with E-state index in [4.69, 9.17) is 4.55 Å². The van der Waals surface area contributed by atoms with Crippen molar-refractivity contribution in [1.29, 1.82) is 0 Å². The Bertz CT molecular complexity index is 1080. The fraction of sp³-hybridized carbons (Fsp3) is 0.931. The summed E-state index contributed by atoms with van der Waals surface area (Å²) in [6.45, 7) is 8.78. The van der Waals surface area contributed by atoms with Gasteiger partial charge in [0.05, 0.1) is 41.7 Å². The minimum Gasteiger partial charge on any atom is -0.393 e. The van der Waals surface area contributed by atoms with Crippen LogP contribution in [-0.2, 0) is 14.6 Å². The summed E-state index contributed by atoms with van der Waals surface area (Å²) in [7, 11) is -4.69. The number of aliphatic hydroxyl groups excluding tert-OH is 3. The molecule has 232 valence electrons. The van der Waals surface area contributed by atoms with E-state index in [0.717, 1.165) is 6.42 Å². The van der Waals surface area contributed by atoms with Crippen molar-refractivity contribution >= 4 is 10.4 Å². The molecule has 4 saturated carbocycles. The third-order valence-corrected chi connectivity index (χ3v) is 12.4. The zero-order valence-electron chi connectivity index (χ0n) is 24.4. The number of fused-ring (bicyclic) bond motifs is 5. The largest absolute Gasteiger partial charge is 0.397 e. The van der Waals surface area contributed by atoms with Crippen LogP contribution in [0.25, 0.3) is 0 Å². The second-order valence-corrected chi connectivity index (χ2v) is 15.3. The Morgan fingerprint density at radius 3 is 2.33 bits per heavy atom. The maximum absolute atomic E-state index is 12.4. The Labute approximate surface area is 238 Å². The first-order valence-corrected chi connectivity index (χ1v) is 16.1. The summed E-state index contributed by atoms with van der Waals surface area (Å²) >= 11 is 0. The van der Waals surface area contributed by atoms with Crippen LogP contribution in [-0.4, -0.2) is 85.3 Å². The molecule has 0 aromatic rings. The Morgan fingerprint density at radius 1 is 1.07 bits per heavy atom. The van der Waals surface area contributed by atoms with Crippen molar-refractivity contribution in [2.75, 3.05) is 6.61 Å². The lowest BCUT2D eigenvalue weighted by Gasteiger charge is -2.68. The lowest BCUT2D eigenvalue weighted by Crippen LogP contribution is -2.75. The molecule has 40 heavy (non-hydrogen) atoms. The van der Waals surface area contributed by atoms with Crippen molar-refractivity contribution in [3.63, 3.8) is 0 Å². The van der Waals surface area contributed by atoms with Crippen molar-refractivity contribution in [3.8, 4) is 0 Å². The fourth-order valence-corrected chi connectivity index (χ4v) is 10.2. The molecular formula is C29H50O10S. The van der Waals surface area contributed by atoms with Gasteiger partial charge in [-0.1, -0.05) is 39.8 Å². The van der Waals surface area contributed by atoms with Crippen LogP contribution in [0.15, 0.2) is 12.2 Å². The van der Waals surface area contributed by atoms with E-state index in [2.05, 4.69) is 11.1 Å². The molecule has 10 nitrogen and oxygen atoms in total. The SMILES string of the molecule is CCC(C=CC(C)C1CC(O)C2C1(C)CCC1C2(O)CC(O)C2(O)CC(O)CCC12C)C(C)(O)COS(=O)(=O)O. The molecule has 0 aliphatic heterocycles. The zero-order valence-corrected chi connectivity index (χ0v) is 25.2. The predicted molar refractivity (Wildman–Crippen MR) is 147 cm³/mol. The highest BCUT2D eigenvalue weighted by molar-refractivity contribution is 7.80. The molecule has 7 N–H and O–H groups in total. The van der Waals surface area contributed by atoms with E-state index in [0.29, 0.717) is 32.1 Å². The monoisotopic (exact) mass is 590 g/mol. The van der Waals surface area contributed by atoms with Gasteiger partial charge in [-0.2, -0.15) is 8.42 Å². The molecular weight excluding hydrogens is 540 g/mol. The Kier molecular flexibility index (Phi) is 8.49. The van der Waals surface area contributed by atoms with Gasteiger partial charge in [-0.05, 0) is 68.6 Å².